The van der Waals surface area contributed by atoms with Crippen LogP contribution in [0.3, 0.4) is 0 Å². The highest BCUT2D eigenvalue weighted by Gasteiger charge is 2.09. The van der Waals surface area contributed by atoms with Crippen LogP contribution in [0.4, 0.5) is 0 Å². The van der Waals surface area contributed by atoms with Gasteiger partial charge in [0.05, 0.1) is 6.61 Å². The van der Waals surface area contributed by atoms with Crippen LogP contribution in [0.25, 0.3) is 0 Å². The van der Waals surface area contributed by atoms with E-state index in [1.807, 2.05) is 18.2 Å². The Hall–Kier alpha value is -1.51. The third-order valence-electron chi connectivity index (χ3n) is 3.52. The second kappa shape index (κ2) is 6.78. The fraction of sp³-hybridized carbons (Fsp3) is 0.294. The van der Waals surface area contributed by atoms with E-state index in [1.54, 1.807) is 12.1 Å². The summed E-state index contributed by atoms with van der Waals surface area (Å²) >= 11 is 6.04. The normalized spacial score (nSPS) is 12.2. The van der Waals surface area contributed by atoms with Gasteiger partial charge in [-0.2, -0.15) is 0 Å². The van der Waals surface area contributed by atoms with E-state index in [0.29, 0.717) is 22.3 Å². The first-order chi connectivity index (χ1) is 9.65. The van der Waals surface area contributed by atoms with Gasteiger partial charge in [-0.3, -0.25) is 0 Å². The Morgan fingerprint density at radius 3 is 2.45 bits per heavy atom. The second-order valence-electron chi connectivity index (χ2n) is 4.86. The van der Waals surface area contributed by atoms with Crippen LogP contribution in [0.5, 0.6) is 11.5 Å². The molecule has 0 aliphatic rings. The van der Waals surface area contributed by atoms with Crippen molar-refractivity contribution in [2.45, 2.75) is 32.8 Å². The number of halogens is 1. The number of aliphatic hydroxyl groups excluding tert-OH is 1. The maximum atomic E-state index is 9.36. The standard InChI is InChI=1S/C17H19ClO2/c1-3-12(2)13-7-9-14(10-8-13)20-17-6-4-5-16(18)15(17)11-19/h4-10,12,19H,3,11H2,1-2H3. The van der Waals surface area contributed by atoms with Gasteiger partial charge in [0.25, 0.3) is 0 Å². The lowest BCUT2D eigenvalue weighted by Crippen LogP contribution is -1.94. The van der Waals surface area contributed by atoms with Crippen LogP contribution < -0.4 is 4.74 Å². The van der Waals surface area contributed by atoms with Gasteiger partial charge in [-0.25, -0.2) is 0 Å². The fourth-order valence-electron chi connectivity index (χ4n) is 2.02. The summed E-state index contributed by atoms with van der Waals surface area (Å²) in [5.74, 6) is 1.88. The Morgan fingerprint density at radius 2 is 1.85 bits per heavy atom. The van der Waals surface area contributed by atoms with Crippen LogP contribution >= 0.6 is 11.6 Å². The first-order valence-electron chi connectivity index (χ1n) is 6.81. The zero-order valence-corrected chi connectivity index (χ0v) is 12.5. The maximum absolute atomic E-state index is 9.36. The minimum absolute atomic E-state index is 0.139. The smallest absolute Gasteiger partial charge is 0.134 e. The van der Waals surface area contributed by atoms with E-state index in [9.17, 15) is 5.11 Å². The van der Waals surface area contributed by atoms with E-state index >= 15 is 0 Å². The van der Waals surface area contributed by atoms with Gasteiger partial charge in [0, 0.05) is 10.6 Å². The van der Waals surface area contributed by atoms with Gasteiger partial charge < -0.3 is 9.84 Å². The molecule has 2 aromatic carbocycles. The molecule has 2 nitrogen and oxygen atoms in total. The molecular weight excluding hydrogens is 272 g/mol. The van der Waals surface area contributed by atoms with E-state index in [-0.39, 0.29) is 6.61 Å². The zero-order valence-electron chi connectivity index (χ0n) is 11.8. The van der Waals surface area contributed by atoms with Gasteiger partial charge in [0.2, 0.25) is 0 Å². The summed E-state index contributed by atoms with van der Waals surface area (Å²) in [6.07, 6.45) is 1.11. The molecule has 0 spiro atoms. The Labute approximate surface area is 125 Å². The van der Waals surface area contributed by atoms with Crippen molar-refractivity contribution < 1.29 is 9.84 Å². The average molecular weight is 291 g/mol. The molecule has 2 aromatic rings. The van der Waals surface area contributed by atoms with Gasteiger partial charge in [0.1, 0.15) is 11.5 Å². The maximum Gasteiger partial charge on any atom is 0.134 e. The summed E-state index contributed by atoms with van der Waals surface area (Å²) < 4.78 is 5.81. The van der Waals surface area contributed by atoms with Crippen molar-refractivity contribution in [3.63, 3.8) is 0 Å². The molecule has 1 atom stereocenters. The molecular formula is C17H19ClO2. The Morgan fingerprint density at radius 1 is 1.15 bits per heavy atom. The van der Waals surface area contributed by atoms with E-state index in [0.717, 1.165) is 12.2 Å². The molecule has 1 N–H and O–H groups in total. The number of hydrogen-bond acceptors (Lipinski definition) is 2. The topological polar surface area (TPSA) is 29.5 Å². The Kier molecular flexibility index (Phi) is 5.05. The molecule has 0 aliphatic carbocycles. The molecule has 0 saturated heterocycles. The highest BCUT2D eigenvalue weighted by atomic mass is 35.5. The number of benzene rings is 2. The third-order valence-corrected chi connectivity index (χ3v) is 3.88. The third kappa shape index (κ3) is 3.33. The largest absolute Gasteiger partial charge is 0.457 e. The number of aliphatic hydroxyl groups is 1. The summed E-state index contributed by atoms with van der Waals surface area (Å²) in [5, 5.41) is 9.88. The molecule has 0 heterocycles. The molecule has 3 heteroatoms. The summed E-state index contributed by atoms with van der Waals surface area (Å²) in [7, 11) is 0. The van der Waals surface area contributed by atoms with E-state index in [2.05, 4.69) is 26.0 Å². The van der Waals surface area contributed by atoms with Crippen LogP contribution in [0.1, 0.15) is 37.3 Å². The monoisotopic (exact) mass is 290 g/mol. The van der Waals surface area contributed by atoms with E-state index in [1.165, 1.54) is 5.56 Å². The van der Waals surface area contributed by atoms with Crippen LogP contribution in [0.15, 0.2) is 42.5 Å². The molecule has 0 amide bonds. The van der Waals surface area contributed by atoms with Gasteiger partial charge in [-0.1, -0.05) is 43.6 Å². The quantitative estimate of drug-likeness (QED) is 0.826. The van der Waals surface area contributed by atoms with Gasteiger partial charge >= 0.3 is 0 Å². The minimum atomic E-state index is -0.139. The van der Waals surface area contributed by atoms with E-state index < -0.39 is 0 Å². The van der Waals surface area contributed by atoms with Crippen LogP contribution in [-0.4, -0.2) is 5.11 Å². The number of hydrogen-bond donors (Lipinski definition) is 1. The average Bonchev–Trinajstić information content (AvgIpc) is 2.47. The molecule has 0 bridgehead atoms. The van der Waals surface area contributed by atoms with Crippen molar-refractivity contribution in [1.29, 1.82) is 0 Å². The molecule has 20 heavy (non-hydrogen) atoms. The van der Waals surface area contributed by atoms with Crippen molar-refractivity contribution in [3.05, 3.63) is 58.6 Å². The molecule has 0 aromatic heterocycles. The molecule has 0 saturated carbocycles. The van der Waals surface area contributed by atoms with Crippen LogP contribution in [0.2, 0.25) is 5.02 Å². The molecule has 1 unspecified atom stereocenters. The van der Waals surface area contributed by atoms with Crippen LogP contribution in [0, 0.1) is 0 Å². The first-order valence-corrected chi connectivity index (χ1v) is 7.19. The fourth-order valence-corrected chi connectivity index (χ4v) is 2.24. The molecule has 0 fully saturated rings. The van der Waals surface area contributed by atoms with Crippen molar-refractivity contribution in [3.8, 4) is 11.5 Å². The number of rotatable bonds is 5. The zero-order chi connectivity index (χ0) is 14.5. The molecule has 2 rings (SSSR count). The predicted molar refractivity (Wildman–Crippen MR) is 82.6 cm³/mol. The lowest BCUT2D eigenvalue weighted by Gasteiger charge is -2.13. The van der Waals surface area contributed by atoms with Crippen molar-refractivity contribution in [2.75, 3.05) is 0 Å². The SMILES string of the molecule is CCC(C)c1ccc(Oc2cccc(Cl)c2CO)cc1. The lowest BCUT2D eigenvalue weighted by atomic mass is 9.99. The summed E-state index contributed by atoms with van der Waals surface area (Å²) in [5.41, 5.74) is 1.91. The summed E-state index contributed by atoms with van der Waals surface area (Å²) in [6.45, 7) is 4.24. The van der Waals surface area contributed by atoms with Crippen molar-refractivity contribution in [2.24, 2.45) is 0 Å². The molecule has 106 valence electrons. The van der Waals surface area contributed by atoms with Crippen molar-refractivity contribution in [1.82, 2.24) is 0 Å². The predicted octanol–water partition coefficient (Wildman–Crippen LogP) is 5.14. The Balaban J connectivity index is 2.20. The second-order valence-corrected chi connectivity index (χ2v) is 5.26. The van der Waals surface area contributed by atoms with Gasteiger partial charge in [0.15, 0.2) is 0 Å². The van der Waals surface area contributed by atoms with Crippen molar-refractivity contribution >= 4 is 11.6 Å². The van der Waals surface area contributed by atoms with Gasteiger partial charge in [-0.05, 0) is 42.2 Å². The highest BCUT2D eigenvalue weighted by Crippen LogP contribution is 2.31. The number of ether oxygens (including phenoxy) is 1. The molecule has 0 aliphatic heterocycles. The van der Waals surface area contributed by atoms with Crippen LogP contribution in [-0.2, 0) is 6.61 Å². The lowest BCUT2D eigenvalue weighted by molar-refractivity contribution is 0.276. The summed E-state index contributed by atoms with van der Waals surface area (Å²) in [6, 6.07) is 13.4. The first kappa shape index (κ1) is 14.9. The van der Waals surface area contributed by atoms with Gasteiger partial charge in [-0.15, -0.1) is 0 Å². The summed E-state index contributed by atoms with van der Waals surface area (Å²) in [4.78, 5) is 0. The van der Waals surface area contributed by atoms with E-state index in [4.69, 9.17) is 16.3 Å². The minimum Gasteiger partial charge on any atom is -0.457 e. The highest BCUT2D eigenvalue weighted by molar-refractivity contribution is 6.31. The molecule has 0 radical (unpaired) electrons. The Bertz CT molecular complexity index is 564.